The Morgan fingerprint density at radius 3 is 2.88 bits per heavy atom. The lowest BCUT2D eigenvalue weighted by molar-refractivity contribution is 0.0949. The fourth-order valence-electron chi connectivity index (χ4n) is 4.32. The van der Waals surface area contributed by atoms with Crippen LogP contribution in [0, 0.1) is 0 Å². The van der Waals surface area contributed by atoms with Gasteiger partial charge in [-0.3, -0.25) is 9.59 Å². The van der Waals surface area contributed by atoms with E-state index >= 15 is 0 Å². The van der Waals surface area contributed by atoms with E-state index in [0.717, 1.165) is 25.9 Å². The van der Waals surface area contributed by atoms with Gasteiger partial charge in [-0.15, -0.1) is 0 Å². The zero-order chi connectivity index (χ0) is 23.1. The zero-order valence-electron chi connectivity index (χ0n) is 18.6. The predicted molar refractivity (Wildman–Crippen MR) is 123 cm³/mol. The molecule has 0 bridgehead atoms. The van der Waals surface area contributed by atoms with E-state index in [0.29, 0.717) is 29.4 Å². The van der Waals surface area contributed by atoms with Gasteiger partial charge in [0.25, 0.3) is 11.5 Å². The molecule has 3 aromatic rings. The molecule has 1 aliphatic heterocycles. The van der Waals surface area contributed by atoms with Gasteiger partial charge in [0.2, 0.25) is 0 Å². The van der Waals surface area contributed by atoms with Gasteiger partial charge in [-0.1, -0.05) is 0 Å². The minimum Gasteiger partial charge on any atom is -0.373 e. The first-order chi connectivity index (χ1) is 15.9. The Morgan fingerprint density at radius 2 is 2.15 bits per heavy atom. The lowest BCUT2D eigenvalue weighted by atomic mass is 10.1. The summed E-state index contributed by atoms with van der Waals surface area (Å²) in [6, 6.07) is 4.93. The van der Waals surface area contributed by atoms with E-state index in [-0.39, 0.29) is 17.2 Å². The first-order valence-corrected chi connectivity index (χ1v) is 11.1. The van der Waals surface area contributed by atoms with Gasteiger partial charge < -0.3 is 25.4 Å². The number of hydrogen-bond donors (Lipinski definition) is 3. The van der Waals surface area contributed by atoms with E-state index in [1.165, 1.54) is 10.7 Å². The van der Waals surface area contributed by atoms with Crippen LogP contribution in [0.1, 0.15) is 35.7 Å². The Balaban J connectivity index is 1.46. The number of piperidine rings is 1. The van der Waals surface area contributed by atoms with Gasteiger partial charge in [-0.2, -0.15) is 9.61 Å². The number of aromatic nitrogens is 4. The van der Waals surface area contributed by atoms with E-state index in [2.05, 4.69) is 38.0 Å². The monoisotopic (exact) mass is 454 g/mol. The van der Waals surface area contributed by atoms with Crippen molar-refractivity contribution in [1.29, 1.82) is 0 Å². The number of pyridine rings is 1. The third-order valence-corrected chi connectivity index (χ3v) is 6.23. The molecule has 2 fully saturated rings. The van der Waals surface area contributed by atoms with Crippen LogP contribution >= 0.6 is 0 Å². The highest BCUT2D eigenvalue weighted by atomic mass is 19.1. The molecular weight excluding hydrogens is 427 g/mol. The summed E-state index contributed by atoms with van der Waals surface area (Å²) < 4.78 is 16.5. The number of likely N-dealkylation sites (N-methyl/N-ethyl adjacent to an activating group) is 1. The van der Waals surface area contributed by atoms with Crippen molar-refractivity contribution in [3.05, 3.63) is 46.5 Å². The average Bonchev–Trinajstić information content (AvgIpc) is 3.31. The zero-order valence-corrected chi connectivity index (χ0v) is 18.6. The molecule has 1 aliphatic carbocycles. The maximum atomic E-state index is 13.2. The molecule has 1 amide bonds. The second-order valence-corrected chi connectivity index (χ2v) is 8.72. The van der Waals surface area contributed by atoms with E-state index in [9.17, 15) is 14.0 Å². The number of rotatable bonds is 6. The van der Waals surface area contributed by atoms with Crippen molar-refractivity contribution in [3.8, 4) is 0 Å². The minimum atomic E-state index is -1.00. The summed E-state index contributed by atoms with van der Waals surface area (Å²) >= 11 is 0. The first-order valence-electron chi connectivity index (χ1n) is 11.1. The molecule has 3 N–H and O–H groups in total. The maximum Gasteiger partial charge on any atom is 0.274 e. The van der Waals surface area contributed by atoms with Crippen molar-refractivity contribution in [3.63, 3.8) is 0 Å². The van der Waals surface area contributed by atoms with Gasteiger partial charge in [0.1, 0.15) is 29.1 Å². The van der Waals surface area contributed by atoms with Gasteiger partial charge in [0.15, 0.2) is 5.65 Å². The number of alkyl halides is 1. The number of carbonyl (C=O) groups is 1. The Kier molecular flexibility index (Phi) is 5.49. The molecule has 5 rings (SSSR count). The summed E-state index contributed by atoms with van der Waals surface area (Å²) in [5.74, 6) is 0.554. The number of halogens is 1. The van der Waals surface area contributed by atoms with Gasteiger partial charge in [0, 0.05) is 38.3 Å². The second-order valence-electron chi connectivity index (χ2n) is 8.72. The fraction of sp³-hybridized carbons (Fsp3) is 0.455. The van der Waals surface area contributed by atoms with Crippen LogP contribution in [0.4, 0.5) is 21.7 Å². The molecular formula is C22H27FN8O2. The van der Waals surface area contributed by atoms with Gasteiger partial charge in [-0.05, 0) is 38.6 Å². The molecule has 33 heavy (non-hydrogen) atoms. The minimum absolute atomic E-state index is 0.119. The summed E-state index contributed by atoms with van der Waals surface area (Å²) in [5.41, 5.74) is 0.820. The van der Waals surface area contributed by atoms with Crippen LogP contribution < -0.4 is 21.5 Å². The molecule has 11 heteroatoms. The van der Waals surface area contributed by atoms with Crippen LogP contribution in [0.15, 0.2) is 35.4 Å². The predicted octanol–water partition coefficient (Wildman–Crippen LogP) is 1.78. The standard InChI is InChI=1S/C22H27FN8O2/c1-24-19-10-18(28-20-14(11-25-31(19)20)21(32)27-17-9-15(17)23)26-16-6-4-8-30(22(16)33)13-5-3-7-29(2)12-13/h4,6,8,10-11,13,15,17,24H,3,5,7,9,12H2,1-2H3,(H,26,28)(H,27,32)/t13?,15-,17+/m0/s1. The molecule has 3 aromatic heterocycles. The smallest absolute Gasteiger partial charge is 0.274 e. The van der Waals surface area contributed by atoms with Crippen molar-refractivity contribution in [1.82, 2.24) is 29.4 Å². The normalized spacial score (nSPS) is 22.8. The van der Waals surface area contributed by atoms with Gasteiger partial charge in [0.05, 0.1) is 12.2 Å². The number of likely N-dealkylation sites (tertiary alicyclic amines) is 1. The topological polar surface area (TPSA) is 109 Å². The molecule has 0 aromatic carbocycles. The Hall–Kier alpha value is -3.47. The number of nitrogens with zero attached hydrogens (tertiary/aromatic N) is 5. The molecule has 0 spiro atoms. The largest absolute Gasteiger partial charge is 0.373 e. The Morgan fingerprint density at radius 1 is 1.33 bits per heavy atom. The molecule has 4 heterocycles. The van der Waals surface area contributed by atoms with E-state index in [1.807, 2.05) is 12.3 Å². The van der Waals surface area contributed by atoms with Crippen LogP contribution in [0.5, 0.6) is 0 Å². The second kappa shape index (κ2) is 8.47. The van der Waals surface area contributed by atoms with Crippen molar-refractivity contribution in [2.45, 2.75) is 37.5 Å². The van der Waals surface area contributed by atoms with Crippen LogP contribution in [0.25, 0.3) is 5.65 Å². The van der Waals surface area contributed by atoms with Crippen molar-refractivity contribution < 1.29 is 9.18 Å². The molecule has 3 atom stereocenters. The van der Waals surface area contributed by atoms with E-state index in [1.54, 1.807) is 23.7 Å². The quantitative estimate of drug-likeness (QED) is 0.521. The number of carbonyl (C=O) groups excluding carboxylic acids is 1. The lowest BCUT2D eigenvalue weighted by Crippen LogP contribution is -2.37. The number of anilines is 3. The molecule has 1 unspecified atom stereocenters. The van der Waals surface area contributed by atoms with Crippen molar-refractivity contribution in [2.24, 2.45) is 0 Å². The highest BCUT2D eigenvalue weighted by molar-refractivity contribution is 6.00. The number of amides is 1. The van der Waals surface area contributed by atoms with Crippen LogP contribution in [-0.2, 0) is 0 Å². The maximum absolute atomic E-state index is 13.2. The SMILES string of the molecule is CNc1cc(Nc2cccn(C3CCCN(C)C3)c2=O)nc2c(C(=O)N[C@@H]3C[C@@H]3F)cnn12. The first kappa shape index (κ1) is 21.4. The molecule has 0 radical (unpaired) electrons. The summed E-state index contributed by atoms with van der Waals surface area (Å²) in [4.78, 5) is 32.6. The van der Waals surface area contributed by atoms with Crippen molar-refractivity contribution in [2.75, 3.05) is 37.8 Å². The Labute approximate surface area is 189 Å². The third-order valence-electron chi connectivity index (χ3n) is 6.23. The summed E-state index contributed by atoms with van der Waals surface area (Å²) in [6.07, 6.45) is 4.56. The number of hydrogen-bond acceptors (Lipinski definition) is 7. The molecule has 1 saturated heterocycles. The molecule has 174 valence electrons. The lowest BCUT2D eigenvalue weighted by Gasteiger charge is -2.31. The summed E-state index contributed by atoms with van der Waals surface area (Å²) in [7, 11) is 3.79. The van der Waals surface area contributed by atoms with Crippen molar-refractivity contribution >= 4 is 28.9 Å². The number of fused-ring (bicyclic) bond motifs is 1. The summed E-state index contributed by atoms with van der Waals surface area (Å²) in [6.45, 7) is 1.86. The third kappa shape index (κ3) is 4.15. The highest BCUT2D eigenvalue weighted by Gasteiger charge is 2.39. The van der Waals surface area contributed by atoms with Crippen LogP contribution in [0.3, 0.4) is 0 Å². The van der Waals surface area contributed by atoms with Crippen LogP contribution in [0.2, 0.25) is 0 Å². The fourth-order valence-corrected chi connectivity index (χ4v) is 4.32. The summed E-state index contributed by atoms with van der Waals surface area (Å²) in [5, 5.41) is 13.0. The highest BCUT2D eigenvalue weighted by Crippen LogP contribution is 2.26. The number of nitrogens with one attached hydrogen (secondary N) is 3. The molecule has 2 aliphatic rings. The van der Waals surface area contributed by atoms with E-state index in [4.69, 9.17) is 0 Å². The molecule has 1 saturated carbocycles. The van der Waals surface area contributed by atoms with Gasteiger partial charge >= 0.3 is 0 Å². The van der Waals surface area contributed by atoms with Gasteiger partial charge in [-0.25, -0.2) is 9.37 Å². The Bertz CT molecular complexity index is 1250. The van der Waals surface area contributed by atoms with Crippen LogP contribution in [-0.4, -0.2) is 69.4 Å². The van der Waals surface area contributed by atoms with E-state index < -0.39 is 18.1 Å². The molecule has 10 nitrogen and oxygen atoms in total. The average molecular weight is 455 g/mol.